The summed E-state index contributed by atoms with van der Waals surface area (Å²) in [5, 5.41) is 0. The Kier molecular flexibility index (Phi) is 3.87. The molecule has 0 bridgehead atoms. The van der Waals surface area contributed by atoms with Gasteiger partial charge in [0.05, 0.1) is 23.1 Å². The zero-order valence-corrected chi connectivity index (χ0v) is 13.9. The van der Waals surface area contributed by atoms with Crippen molar-refractivity contribution in [2.24, 2.45) is 0 Å². The first-order valence-electron chi connectivity index (χ1n) is 6.39. The summed E-state index contributed by atoms with van der Waals surface area (Å²) < 4.78 is 8.11. The van der Waals surface area contributed by atoms with Gasteiger partial charge in [-0.1, -0.05) is 0 Å². The van der Waals surface area contributed by atoms with Crippen LogP contribution >= 0.6 is 27.5 Å². The molecule has 21 heavy (non-hydrogen) atoms. The molecule has 0 saturated heterocycles. The van der Waals surface area contributed by atoms with Crippen LogP contribution in [0, 0.1) is 6.92 Å². The Bertz CT molecular complexity index is 816. The largest absolute Gasteiger partial charge is 0.496 e. The van der Waals surface area contributed by atoms with Crippen molar-refractivity contribution in [2.45, 2.75) is 12.8 Å². The number of benzene rings is 1. The lowest BCUT2D eigenvalue weighted by molar-refractivity contribution is 0.412. The van der Waals surface area contributed by atoms with E-state index in [1.54, 1.807) is 7.11 Å². The second kappa shape index (κ2) is 5.66. The first-order valence-corrected chi connectivity index (χ1v) is 7.71. The monoisotopic (exact) mass is 365 g/mol. The van der Waals surface area contributed by atoms with Crippen molar-refractivity contribution in [2.75, 3.05) is 7.11 Å². The summed E-state index contributed by atoms with van der Waals surface area (Å²) in [5.41, 5.74) is 3.53. The van der Waals surface area contributed by atoms with Gasteiger partial charge in [-0.3, -0.25) is 4.57 Å². The molecule has 2 aromatic heterocycles. The van der Waals surface area contributed by atoms with Crippen molar-refractivity contribution in [3.8, 4) is 11.4 Å². The van der Waals surface area contributed by atoms with Crippen LogP contribution in [0.4, 0.5) is 0 Å². The van der Waals surface area contributed by atoms with Crippen LogP contribution in [-0.4, -0.2) is 21.6 Å². The van der Waals surface area contributed by atoms with Crippen LogP contribution in [0.1, 0.15) is 11.5 Å². The van der Waals surface area contributed by atoms with Gasteiger partial charge in [0.1, 0.15) is 17.1 Å². The van der Waals surface area contributed by atoms with Gasteiger partial charge < -0.3 is 4.74 Å². The van der Waals surface area contributed by atoms with E-state index in [-0.39, 0.29) is 0 Å². The lowest BCUT2D eigenvalue weighted by Crippen LogP contribution is -2.01. The maximum absolute atomic E-state index is 6.04. The van der Waals surface area contributed by atoms with Gasteiger partial charge >= 0.3 is 0 Å². The molecule has 1 aromatic carbocycles. The van der Waals surface area contributed by atoms with Crippen molar-refractivity contribution in [1.82, 2.24) is 14.5 Å². The van der Waals surface area contributed by atoms with Crippen molar-refractivity contribution in [3.63, 3.8) is 0 Å². The van der Waals surface area contributed by atoms with Crippen LogP contribution in [0.5, 0.6) is 5.75 Å². The number of hydrogen-bond donors (Lipinski definition) is 0. The second-order valence-electron chi connectivity index (χ2n) is 4.61. The number of ether oxygens (including phenoxy) is 1. The third-order valence-electron chi connectivity index (χ3n) is 3.23. The van der Waals surface area contributed by atoms with E-state index in [2.05, 4.69) is 25.9 Å². The normalized spacial score (nSPS) is 11.0. The van der Waals surface area contributed by atoms with Gasteiger partial charge in [0, 0.05) is 5.69 Å². The quantitative estimate of drug-likeness (QED) is 0.651. The molecule has 0 N–H and O–H groups in total. The van der Waals surface area contributed by atoms with Crippen molar-refractivity contribution in [1.29, 1.82) is 0 Å². The smallest absolute Gasteiger partial charge is 0.164 e. The number of alkyl halides is 1. The number of aromatic nitrogens is 3. The maximum atomic E-state index is 6.04. The number of hydrogen-bond acceptors (Lipinski definition) is 3. The van der Waals surface area contributed by atoms with Crippen LogP contribution in [0.25, 0.3) is 16.9 Å². The van der Waals surface area contributed by atoms with E-state index in [4.69, 9.17) is 16.3 Å². The minimum Gasteiger partial charge on any atom is -0.496 e. The highest BCUT2D eigenvalue weighted by Gasteiger charge is 2.14. The van der Waals surface area contributed by atoms with E-state index in [0.29, 0.717) is 5.88 Å². The molecule has 0 atom stereocenters. The van der Waals surface area contributed by atoms with E-state index in [9.17, 15) is 0 Å². The average Bonchev–Trinajstić information content (AvgIpc) is 2.84. The van der Waals surface area contributed by atoms with E-state index in [1.165, 1.54) is 0 Å². The lowest BCUT2D eigenvalue weighted by atomic mass is 10.3. The van der Waals surface area contributed by atoms with Crippen LogP contribution < -0.4 is 4.74 Å². The molecule has 0 aliphatic rings. The van der Waals surface area contributed by atoms with E-state index >= 15 is 0 Å². The topological polar surface area (TPSA) is 39.9 Å². The van der Waals surface area contributed by atoms with Crippen LogP contribution in [0.3, 0.4) is 0 Å². The van der Waals surface area contributed by atoms with Crippen LogP contribution in [-0.2, 0) is 5.88 Å². The van der Waals surface area contributed by atoms with Crippen LogP contribution in [0.2, 0.25) is 0 Å². The highest BCUT2D eigenvalue weighted by molar-refractivity contribution is 9.10. The Morgan fingerprint density at radius 2 is 2.05 bits per heavy atom. The third kappa shape index (κ3) is 2.51. The number of halogens is 2. The molecule has 0 saturated carbocycles. The van der Waals surface area contributed by atoms with E-state index < -0.39 is 0 Å². The Hall–Kier alpha value is -1.59. The molecule has 0 aliphatic carbocycles. The number of fused-ring (bicyclic) bond motifs is 1. The summed E-state index contributed by atoms with van der Waals surface area (Å²) in [5.74, 6) is 1.86. The molecule has 0 spiro atoms. The van der Waals surface area contributed by atoms with Crippen molar-refractivity contribution in [3.05, 3.63) is 46.3 Å². The zero-order chi connectivity index (χ0) is 15.0. The summed E-state index contributed by atoms with van der Waals surface area (Å²) in [7, 11) is 1.64. The minimum absolute atomic E-state index is 0.319. The molecule has 0 fully saturated rings. The molecule has 3 rings (SSSR count). The Balaban J connectivity index is 2.27. The number of nitrogens with zero attached hydrogens (tertiary/aromatic N) is 3. The van der Waals surface area contributed by atoms with Gasteiger partial charge in [-0.25, -0.2) is 9.97 Å². The molecule has 3 aromatic rings. The summed E-state index contributed by atoms with van der Waals surface area (Å²) in [4.78, 5) is 9.13. The molecular weight excluding hydrogens is 354 g/mol. The fourth-order valence-corrected chi connectivity index (χ4v) is 2.96. The highest BCUT2D eigenvalue weighted by atomic mass is 79.9. The summed E-state index contributed by atoms with van der Waals surface area (Å²) in [6.45, 7) is 1.96. The first-order chi connectivity index (χ1) is 10.1. The Morgan fingerprint density at radius 1 is 1.24 bits per heavy atom. The summed E-state index contributed by atoms with van der Waals surface area (Å²) in [6.07, 6.45) is 0. The van der Waals surface area contributed by atoms with Gasteiger partial charge in [-0.05, 0) is 53.2 Å². The second-order valence-corrected chi connectivity index (χ2v) is 5.73. The molecular formula is C15H13BrClN3O. The average molecular weight is 367 g/mol. The fourth-order valence-electron chi connectivity index (χ4n) is 2.25. The number of methoxy groups -OCH3 is 1. The van der Waals surface area contributed by atoms with Gasteiger partial charge in [0.2, 0.25) is 0 Å². The van der Waals surface area contributed by atoms with Gasteiger partial charge in [-0.15, -0.1) is 11.6 Å². The Labute approximate surface area is 135 Å². The fraction of sp³-hybridized carbons (Fsp3) is 0.200. The molecule has 108 valence electrons. The molecule has 0 aliphatic heterocycles. The number of imidazole rings is 1. The molecule has 4 nitrogen and oxygen atoms in total. The van der Waals surface area contributed by atoms with Crippen LogP contribution in [0.15, 0.2) is 34.8 Å². The zero-order valence-electron chi connectivity index (χ0n) is 11.6. The molecule has 0 radical (unpaired) electrons. The van der Waals surface area contributed by atoms with Crippen molar-refractivity contribution >= 4 is 38.7 Å². The number of aryl methyl sites for hydroxylation is 1. The standard InChI is InChI=1S/C15H13BrClN3O/c1-9-3-5-12-15(18-9)20(14(8-17)19-12)10-4-6-13(21-2)11(16)7-10/h3-7H,8H2,1-2H3. The number of rotatable bonds is 3. The predicted octanol–water partition coefficient (Wildman–Crippen LogP) is 4.24. The molecule has 6 heteroatoms. The van der Waals surface area contributed by atoms with Gasteiger partial charge in [-0.2, -0.15) is 0 Å². The summed E-state index contributed by atoms with van der Waals surface area (Å²) in [6, 6.07) is 9.74. The number of pyridine rings is 1. The molecule has 2 heterocycles. The molecule has 0 amide bonds. The van der Waals surface area contributed by atoms with E-state index in [1.807, 2.05) is 41.8 Å². The maximum Gasteiger partial charge on any atom is 0.164 e. The molecule has 0 unspecified atom stereocenters. The first kappa shape index (κ1) is 14.4. The third-order valence-corrected chi connectivity index (χ3v) is 4.09. The predicted molar refractivity (Wildman–Crippen MR) is 87.4 cm³/mol. The van der Waals surface area contributed by atoms with E-state index in [0.717, 1.165) is 38.6 Å². The minimum atomic E-state index is 0.319. The SMILES string of the molecule is COc1ccc(-n2c(CCl)nc3ccc(C)nc32)cc1Br. The van der Waals surface area contributed by atoms with Gasteiger partial charge in [0.25, 0.3) is 0 Å². The Morgan fingerprint density at radius 3 is 2.71 bits per heavy atom. The van der Waals surface area contributed by atoms with Crippen molar-refractivity contribution < 1.29 is 4.74 Å². The lowest BCUT2D eigenvalue weighted by Gasteiger charge is -2.10. The highest BCUT2D eigenvalue weighted by Crippen LogP contribution is 2.29. The van der Waals surface area contributed by atoms with Gasteiger partial charge in [0.15, 0.2) is 5.65 Å². The summed E-state index contributed by atoms with van der Waals surface area (Å²) >= 11 is 9.55.